The van der Waals surface area contributed by atoms with Gasteiger partial charge in [-0.25, -0.2) is 4.79 Å². The molecule has 2 aromatic carbocycles. The second kappa shape index (κ2) is 9.29. The fraction of sp³-hybridized carbons (Fsp3) is 0.174. The summed E-state index contributed by atoms with van der Waals surface area (Å²) < 4.78 is 15.9. The number of carbonyl (C=O) groups is 2. The van der Waals surface area contributed by atoms with E-state index in [0.717, 1.165) is 10.6 Å². The van der Waals surface area contributed by atoms with E-state index < -0.39 is 11.9 Å². The molecule has 0 saturated carbocycles. The van der Waals surface area contributed by atoms with Crippen molar-refractivity contribution in [3.8, 4) is 17.2 Å². The Hall–Kier alpha value is -3.92. The smallest absolute Gasteiger partial charge is 0.335 e. The highest BCUT2D eigenvalue weighted by Gasteiger charge is 2.25. The van der Waals surface area contributed by atoms with Gasteiger partial charge in [-0.3, -0.25) is 9.78 Å². The Labute approximate surface area is 194 Å². The summed E-state index contributed by atoms with van der Waals surface area (Å²) in [6, 6.07) is 9.65. The molecule has 33 heavy (non-hydrogen) atoms. The molecule has 0 radical (unpaired) electrons. The van der Waals surface area contributed by atoms with Crippen LogP contribution in [0.5, 0.6) is 17.2 Å². The minimum Gasteiger partial charge on any atom is -0.493 e. The molecule has 3 aromatic rings. The van der Waals surface area contributed by atoms with Gasteiger partial charge in [0.15, 0.2) is 11.5 Å². The van der Waals surface area contributed by atoms with Crippen molar-refractivity contribution in [2.45, 2.75) is 10.3 Å². The maximum atomic E-state index is 13.0. The monoisotopic (exact) mass is 467 g/mol. The molecule has 1 aromatic heterocycles. The van der Waals surface area contributed by atoms with E-state index in [9.17, 15) is 14.7 Å². The van der Waals surface area contributed by atoms with Crippen LogP contribution in [0.1, 0.15) is 31.7 Å². The summed E-state index contributed by atoms with van der Waals surface area (Å²) >= 11 is 1.52. The molecule has 0 saturated heterocycles. The number of carbonyl (C=O) groups excluding carboxylic acids is 1. The van der Waals surface area contributed by atoms with E-state index in [-0.39, 0.29) is 16.5 Å². The number of hydrogen-bond acceptors (Lipinski definition) is 8. The molecular weight excluding hydrogens is 446 g/mol. The van der Waals surface area contributed by atoms with Crippen LogP contribution < -0.4 is 24.8 Å². The predicted octanol–water partition coefficient (Wildman–Crippen LogP) is 4.27. The Morgan fingerprint density at radius 3 is 2.36 bits per heavy atom. The molecule has 1 aliphatic rings. The maximum absolute atomic E-state index is 13.0. The predicted molar refractivity (Wildman–Crippen MR) is 124 cm³/mol. The highest BCUT2D eigenvalue weighted by Crippen LogP contribution is 2.46. The van der Waals surface area contributed by atoms with E-state index in [1.54, 1.807) is 24.5 Å². The lowest BCUT2D eigenvalue weighted by Crippen LogP contribution is -2.14. The first kappa shape index (κ1) is 22.3. The number of amides is 1. The normalized spacial score (nSPS) is 14.1. The van der Waals surface area contributed by atoms with Gasteiger partial charge in [-0.2, -0.15) is 0 Å². The number of ether oxygens (including phenoxy) is 3. The number of aromatic nitrogens is 1. The third-order valence-electron chi connectivity index (χ3n) is 5.01. The first-order chi connectivity index (χ1) is 15.9. The molecule has 1 amide bonds. The number of hydrogen-bond donors (Lipinski definition) is 3. The van der Waals surface area contributed by atoms with Crippen molar-refractivity contribution in [1.82, 2.24) is 4.98 Å². The standard InChI is InChI=1S/C23H21N3O6S/c1-30-17-9-12(10-18(31-2)20(17)32-3)21(27)25-15-7-13(6-14(8-15)23(28)29)22-26-16-4-5-24-11-19(16)33-22/h4-11,22,26H,1-3H3,(H,25,27)(H,28,29). The van der Waals surface area contributed by atoms with Crippen molar-refractivity contribution < 1.29 is 28.9 Å². The van der Waals surface area contributed by atoms with Crippen molar-refractivity contribution >= 4 is 35.0 Å². The first-order valence-electron chi connectivity index (χ1n) is 9.80. The molecule has 1 aliphatic heterocycles. The van der Waals surface area contributed by atoms with Gasteiger partial charge in [-0.05, 0) is 42.0 Å². The summed E-state index contributed by atoms with van der Waals surface area (Å²) in [6.45, 7) is 0. The van der Waals surface area contributed by atoms with E-state index >= 15 is 0 Å². The molecule has 1 unspecified atom stereocenters. The van der Waals surface area contributed by atoms with Gasteiger partial charge in [0.05, 0.1) is 37.5 Å². The lowest BCUT2D eigenvalue weighted by Gasteiger charge is -2.16. The van der Waals surface area contributed by atoms with Gasteiger partial charge >= 0.3 is 5.97 Å². The van der Waals surface area contributed by atoms with Crippen molar-refractivity contribution in [2.75, 3.05) is 32.0 Å². The van der Waals surface area contributed by atoms with Crippen molar-refractivity contribution in [2.24, 2.45) is 0 Å². The number of thioether (sulfide) groups is 1. The second-order valence-electron chi connectivity index (χ2n) is 7.03. The van der Waals surface area contributed by atoms with Gasteiger partial charge in [0, 0.05) is 23.6 Å². The second-order valence-corrected chi connectivity index (χ2v) is 8.18. The molecule has 3 N–H and O–H groups in total. The Balaban J connectivity index is 1.64. The highest BCUT2D eigenvalue weighted by molar-refractivity contribution is 8.00. The summed E-state index contributed by atoms with van der Waals surface area (Å²) in [6.07, 6.45) is 3.44. The number of carboxylic acids is 1. The molecule has 0 fully saturated rings. The van der Waals surface area contributed by atoms with Crippen molar-refractivity contribution in [3.63, 3.8) is 0 Å². The molecule has 170 valence electrons. The van der Waals surface area contributed by atoms with Gasteiger partial charge < -0.3 is 30.0 Å². The van der Waals surface area contributed by atoms with E-state index in [1.165, 1.54) is 51.3 Å². The van der Waals surface area contributed by atoms with Crippen LogP contribution >= 0.6 is 11.8 Å². The van der Waals surface area contributed by atoms with Crippen molar-refractivity contribution in [1.29, 1.82) is 0 Å². The van der Waals surface area contributed by atoms with Crippen LogP contribution in [-0.2, 0) is 0 Å². The summed E-state index contributed by atoms with van der Waals surface area (Å²) in [5.74, 6) is -0.519. The number of anilines is 2. The van der Waals surface area contributed by atoms with Gasteiger partial charge in [0.1, 0.15) is 5.37 Å². The number of nitrogens with one attached hydrogen (secondary N) is 2. The lowest BCUT2D eigenvalue weighted by molar-refractivity contribution is 0.0696. The van der Waals surface area contributed by atoms with Crippen LogP contribution in [0.2, 0.25) is 0 Å². The SMILES string of the molecule is COc1cc(C(=O)Nc2cc(C(=O)O)cc(C3Nc4ccncc4S3)c2)cc(OC)c1OC. The van der Waals surface area contributed by atoms with Crippen LogP contribution in [0.3, 0.4) is 0 Å². The Kier molecular flexibility index (Phi) is 6.27. The van der Waals surface area contributed by atoms with Crippen molar-refractivity contribution in [3.05, 3.63) is 65.5 Å². The van der Waals surface area contributed by atoms with E-state index in [0.29, 0.717) is 28.5 Å². The van der Waals surface area contributed by atoms with Gasteiger partial charge in [-0.15, -0.1) is 0 Å². The number of methoxy groups -OCH3 is 3. The van der Waals surface area contributed by atoms with E-state index in [1.807, 2.05) is 6.07 Å². The molecule has 0 spiro atoms. The van der Waals surface area contributed by atoms with Gasteiger partial charge in [-0.1, -0.05) is 11.8 Å². The Morgan fingerprint density at radius 2 is 1.76 bits per heavy atom. The molecule has 0 aliphatic carbocycles. The summed E-state index contributed by atoms with van der Waals surface area (Å²) in [5.41, 5.74) is 2.29. The molecule has 4 rings (SSSR count). The highest BCUT2D eigenvalue weighted by atomic mass is 32.2. The third kappa shape index (κ3) is 4.51. The molecular formula is C23H21N3O6S. The number of nitrogens with zero attached hydrogens (tertiary/aromatic N) is 1. The Bertz CT molecular complexity index is 1180. The number of rotatable bonds is 7. The number of fused-ring (bicyclic) bond motifs is 1. The van der Waals surface area contributed by atoms with Crippen LogP contribution in [0, 0.1) is 0 Å². The summed E-state index contributed by atoms with van der Waals surface area (Å²) in [5, 5.41) is 15.5. The average Bonchev–Trinajstić information content (AvgIpc) is 3.27. The molecule has 0 bridgehead atoms. The average molecular weight is 468 g/mol. The quantitative estimate of drug-likeness (QED) is 0.468. The topological polar surface area (TPSA) is 119 Å². The minimum atomic E-state index is -1.10. The summed E-state index contributed by atoms with van der Waals surface area (Å²) in [7, 11) is 4.39. The molecule has 10 heteroatoms. The summed E-state index contributed by atoms with van der Waals surface area (Å²) in [4.78, 5) is 29.8. The number of pyridine rings is 1. The van der Waals surface area contributed by atoms with Gasteiger partial charge in [0.2, 0.25) is 5.75 Å². The van der Waals surface area contributed by atoms with Gasteiger partial charge in [0.25, 0.3) is 5.91 Å². The fourth-order valence-electron chi connectivity index (χ4n) is 3.46. The number of aromatic carboxylic acids is 1. The van der Waals surface area contributed by atoms with E-state index in [4.69, 9.17) is 14.2 Å². The zero-order valence-electron chi connectivity index (χ0n) is 18.0. The third-order valence-corrected chi connectivity index (χ3v) is 6.21. The molecule has 1 atom stereocenters. The largest absolute Gasteiger partial charge is 0.493 e. The number of benzene rings is 2. The zero-order chi connectivity index (χ0) is 23.5. The lowest BCUT2D eigenvalue weighted by atomic mass is 10.1. The zero-order valence-corrected chi connectivity index (χ0v) is 18.9. The van der Waals surface area contributed by atoms with Crippen LogP contribution in [0.4, 0.5) is 11.4 Å². The molecule has 2 heterocycles. The minimum absolute atomic E-state index is 0.0594. The molecule has 9 nitrogen and oxygen atoms in total. The first-order valence-corrected chi connectivity index (χ1v) is 10.7. The van der Waals surface area contributed by atoms with Crippen LogP contribution in [-0.4, -0.2) is 43.3 Å². The fourth-order valence-corrected chi connectivity index (χ4v) is 4.54. The van der Waals surface area contributed by atoms with Crippen LogP contribution in [0.25, 0.3) is 0 Å². The Morgan fingerprint density at radius 1 is 1.03 bits per heavy atom. The van der Waals surface area contributed by atoms with Crippen LogP contribution in [0.15, 0.2) is 53.7 Å². The number of carboxylic acid groups (broad SMARTS) is 1. The van der Waals surface area contributed by atoms with E-state index in [2.05, 4.69) is 15.6 Å². The maximum Gasteiger partial charge on any atom is 0.335 e.